The maximum Gasteiger partial charge on any atom is 0.271 e. The number of pyridine rings is 1. The molecular weight excluding hydrogens is 516 g/mol. The van der Waals surface area contributed by atoms with Gasteiger partial charge in [0.15, 0.2) is 0 Å². The van der Waals surface area contributed by atoms with Crippen molar-refractivity contribution in [1.29, 1.82) is 0 Å². The van der Waals surface area contributed by atoms with Gasteiger partial charge in [-0.3, -0.25) is 19.7 Å². The molecule has 3 N–H and O–H groups in total. The number of carbonyl (C=O) groups is 2. The Balaban J connectivity index is 1.04. The highest BCUT2D eigenvalue weighted by atomic mass is 32.2. The topological polar surface area (TPSA) is 137 Å². The molecule has 2 aromatic heterocycles. The lowest BCUT2D eigenvalue weighted by atomic mass is 9.90. The highest BCUT2D eigenvalue weighted by Gasteiger charge is 2.65. The number of likely N-dealkylation sites (tertiary alicyclic amines) is 1. The van der Waals surface area contributed by atoms with Gasteiger partial charge in [0, 0.05) is 42.7 Å². The second-order valence-corrected chi connectivity index (χ2v) is 12.8. The number of benzene rings is 1. The van der Waals surface area contributed by atoms with E-state index in [0.29, 0.717) is 36.6 Å². The zero-order valence-corrected chi connectivity index (χ0v) is 22.6. The maximum atomic E-state index is 13.2. The zero-order chi connectivity index (χ0) is 27.2. The van der Waals surface area contributed by atoms with E-state index in [4.69, 9.17) is 0 Å². The Labute approximate surface area is 227 Å². The number of rotatable bonds is 7. The van der Waals surface area contributed by atoms with Crippen LogP contribution in [0.25, 0.3) is 11.4 Å². The van der Waals surface area contributed by atoms with Gasteiger partial charge in [-0.1, -0.05) is 36.6 Å². The van der Waals surface area contributed by atoms with Crippen molar-refractivity contribution in [3.8, 4) is 11.4 Å². The number of aromatic nitrogens is 3. The zero-order valence-electron chi connectivity index (χ0n) is 21.8. The number of aromatic amines is 1. The maximum absolute atomic E-state index is 13.2. The molecule has 2 saturated carbocycles. The van der Waals surface area contributed by atoms with E-state index in [2.05, 4.69) is 25.2 Å². The molecule has 1 unspecified atom stereocenters. The van der Waals surface area contributed by atoms with E-state index >= 15 is 0 Å². The molecule has 1 aliphatic heterocycles. The first-order chi connectivity index (χ1) is 18.7. The molecule has 3 atom stereocenters. The molecule has 11 heteroatoms. The van der Waals surface area contributed by atoms with Crippen LogP contribution in [-0.2, 0) is 14.8 Å². The third-order valence-corrected chi connectivity index (χ3v) is 9.78. The third kappa shape index (κ3) is 5.08. The fraction of sp³-hybridized carbons (Fsp3) is 0.429. The summed E-state index contributed by atoms with van der Waals surface area (Å²) in [7, 11) is -3.68. The molecule has 2 aliphatic carbocycles. The number of amides is 2. The van der Waals surface area contributed by atoms with Crippen LogP contribution in [0.3, 0.4) is 0 Å². The van der Waals surface area contributed by atoms with Crippen LogP contribution in [0, 0.1) is 18.3 Å². The molecule has 39 heavy (non-hydrogen) atoms. The monoisotopic (exact) mass is 548 g/mol. The Bertz CT molecular complexity index is 1480. The molecule has 3 aromatic rings. The fourth-order valence-corrected chi connectivity index (χ4v) is 7.20. The second-order valence-electron chi connectivity index (χ2n) is 11.1. The number of nitrogens with zero attached hydrogens (tertiary/aromatic N) is 3. The lowest BCUT2D eigenvalue weighted by Crippen LogP contribution is -2.56. The summed E-state index contributed by atoms with van der Waals surface area (Å²) in [5, 5.41) is 10.2. The van der Waals surface area contributed by atoms with Crippen LogP contribution >= 0.6 is 0 Å². The Kier molecular flexibility index (Phi) is 6.50. The number of carbonyl (C=O) groups excluding carboxylic acids is 2. The smallest absolute Gasteiger partial charge is 0.271 e. The number of aryl methyl sites for hydroxylation is 1. The van der Waals surface area contributed by atoms with Gasteiger partial charge >= 0.3 is 0 Å². The third-order valence-electron chi connectivity index (χ3n) is 8.27. The molecule has 6 rings (SSSR count). The van der Waals surface area contributed by atoms with Gasteiger partial charge in [0.25, 0.3) is 5.91 Å². The highest BCUT2D eigenvalue weighted by Crippen LogP contribution is 2.59. The van der Waals surface area contributed by atoms with Crippen molar-refractivity contribution in [3.63, 3.8) is 0 Å². The van der Waals surface area contributed by atoms with Crippen molar-refractivity contribution in [1.82, 2.24) is 30.1 Å². The van der Waals surface area contributed by atoms with Crippen LogP contribution in [0.15, 0.2) is 59.6 Å². The summed E-state index contributed by atoms with van der Waals surface area (Å²) in [4.78, 5) is 32.4. The summed E-state index contributed by atoms with van der Waals surface area (Å²) in [6.07, 6.45) is 5.67. The standard InChI is InChI=1S/C28H32N6O4S/c1-18-9-11-19(12-10-18)39(37,38)33-23-8-3-2-7-22(23)30-26(35)20-15-28(20)16-34(17-28)27(36)25-14-24(31-32-25)21-6-4-5-13-29-21/h4-6,9-14,20,22-23,33H,2-3,7-8,15-17H2,1H3,(H,30,35)(H,31,32)/t20?,22-,23-/m1/s1. The summed E-state index contributed by atoms with van der Waals surface area (Å²) in [5.41, 5.74) is 2.50. The first kappa shape index (κ1) is 25.7. The molecule has 1 saturated heterocycles. The van der Waals surface area contributed by atoms with Crippen molar-refractivity contribution >= 4 is 21.8 Å². The van der Waals surface area contributed by atoms with Crippen LogP contribution in [0.2, 0.25) is 0 Å². The van der Waals surface area contributed by atoms with E-state index in [9.17, 15) is 18.0 Å². The van der Waals surface area contributed by atoms with Gasteiger partial charge in [-0.2, -0.15) is 5.10 Å². The molecule has 1 aromatic carbocycles. The molecule has 3 aliphatic rings. The molecule has 0 bridgehead atoms. The second kappa shape index (κ2) is 9.87. The SMILES string of the molecule is Cc1ccc(S(=O)(=O)N[C@@H]2CCCC[C@H]2NC(=O)C2CC23CN(C(=O)c2cc(-c4ccccn4)n[nH]2)C3)cc1. The van der Waals surface area contributed by atoms with Gasteiger partial charge < -0.3 is 10.2 Å². The number of H-pyrrole nitrogens is 1. The average molecular weight is 549 g/mol. The molecule has 1 spiro atoms. The van der Waals surface area contributed by atoms with Crippen molar-refractivity contribution in [2.24, 2.45) is 11.3 Å². The average Bonchev–Trinajstić information content (AvgIpc) is 3.48. The minimum absolute atomic E-state index is 0.0486. The Hall–Kier alpha value is -3.57. The minimum atomic E-state index is -3.68. The van der Waals surface area contributed by atoms with Gasteiger partial charge in [0.05, 0.1) is 10.6 Å². The molecule has 10 nitrogen and oxygen atoms in total. The van der Waals surface area contributed by atoms with Crippen molar-refractivity contribution in [2.75, 3.05) is 13.1 Å². The molecule has 3 heterocycles. The lowest BCUT2D eigenvalue weighted by molar-refractivity contribution is -0.125. The predicted molar refractivity (Wildman–Crippen MR) is 144 cm³/mol. The van der Waals surface area contributed by atoms with Gasteiger partial charge in [-0.25, -0.2) is 13.1 Å². The van der Waals surface area contributed by atoms with Crippen molar-refractivity contribution in [3.05, 3.63) is 66.0 Å². The summed E-state index contributed by atoms with van der Waals surface area (Å²) in [6, 6.07) is 13.4. The van der Waals surface area contributed by atoms with E-state index < -0.39 is 10.0 Å². The molecular formula is C28H32N6O4S. The van der Waals surface area contributed by atoms with Gasteiger partial charge in [0.1, 0.15) is 11.4 Å². The first-order valence-corrected chi connectivity index (χ1v) is 14.9. The quantitative estimate of drug-likeness (QED) is 0.415. The van der Waals surface area contributed by atoms with Crippen LogP contribution in [0.1, 0.15) is 48.2 Å². The predicted octanol–water partition coefficient (Wildman–Crippen LogP) is 2.65. The first-order valence-electron chi connectivity index (χ1n) is 13.4. The summed E-state index contributed by atoms with van der Waals surface area (Å²) in [6.45, 7) is 2.96. The van der Waals surface area contributed by atoms with Gasteiger partial charge in [-0.05, 0) is 56.5 Å². The molecule has 2 amide bonds. The summed E-state index contributed by atoms with van der Waals surface area (Å²) in [5.74, 6) is -0.351. The lowest BCUT2D eigenvalue weighted by Gasteiger charge is -2.40. The largest absolute Gasteiger partial charge is 0.352 e. The summed E-state index contributed by atoms with van der Waals surface area (Å²) < 4.78 is 28.8. The highest BCUT2D eigenvalue weighted by molar-refractivity contribution is 7.89. The molecule has 0 radical (unpaired) electrons. The number of nitrogens with one attached hydrogen (secondary N) is 3. The number of hydrogen-bond donors (Lipinski definition) is 3. The van der Waals surface area contributed by atoms with Gasteiger partial charge in [-0.15, -0.1) is 0 Å². The van der Waals surface area contributed by atoms with E-state index in [1.54, 1.807) is 41.4 Å². The molecule has 204 valence electrons. The van der Waals surface area contributed by atoms with E-state index in [1.165, 1.54) is 0 Å². The van der Waals surface area contributed by atoms with Crippen LogP contribution < -0.4 is 10.0 Å². The van der Waals surface area contributed by atoms with Crippen molar-refractivity contribution in [2.45, 2.75) is 56.0 Å². The number of hydrogen-bond acceptors (Lipinski definition) is 6. The molecule has 3 fully saturated rings. The normalized spacial score (nSPS) is 23.7. The minimum Gasteiger partial charge on any atom is -0.352 e. The van der Waals surface area contributed by atoms with Gasteiger partial charge in [0.2, 0.25) is 15.9 Å². The van der Waals surface area contributed by atoms with E-state index in [1.807, 2.05) is 25.1 Å². The Morgan fingerprint density at radius 2 is 1.77 bits per heavy atom. The van der Waals surface area contributed by atoms with Crippen molar-refractivity contribution < 1.29 is 18.0 Å². The fourth-order valence-electron chi connectivity index (χ4n) is 5.89. The van der Waals surface area contributed by atoms with Crippen LogP contribution in [0.5, 0.6) is 0 Å². The van der Waals surface area contributed by atoms with E-state index in [0.717, 1.165) is 31.2 Å². The summed E-state index contributed by atoms with van der Waals surface area (Å²) >= 11 is 0. The number of sulfonamides is 1. The van der Waals surface area contributed by atoms with Crippen LogP contribution in [-0.4, -0.2) is 65.5 Å². The van der Waals surface area contributed by atoms with E-state index in [-0.39, 0.29) is 40.1 Å². The Morgan fingerprint density at radius 1 is 1.03 bits per heavy atom. The van der Waals surface area contributed by atoms with Crippen LogP contribution in [0.4, 0.5) is 0 Å². The Morgan fingerprint density at radius 3 is 2.49 bits per heavy atom.